The summed E-state index contributed by atoms with van der Waals surface area (Å²) >= 11 is 5.86. The lowest BCUT2D eigenvalue weighted by Gasteiger charge is -2.09. The Morgan fingerprint density at radius 1 is 1.17 bits per heavy atom. The van der Waals surface area contributed by atoms with E-state index in [0.717, 1.165) is 17.8 Å². The Hall–Kier alpha value is -1.98. The van der Waals surface area contributed by atoms with Crippen LogP contribution in [-0.2, 0) is 6.42 Å². The number of nitrogens with zero attached hydrogens (tertiary/aromatic N) is 1. The van der Waals surface area contributed by atoms with Gasteiger partial charge in [-0.3, -0.25) is 0 Å². The average molecular weight is 257 g/mol. The summed E-state index contributed by atoms with van der Waals surface area (Å²) in [6.45, 7) is 2.12. The van der Waals surface area contributed by atoms with Gasteiger partial charge in [0.1, 0.15) is 6.07 Å². The van der Waals surface area contributed by atoms with Crippen LogP contribution in [0.2, 0.25) is 5.02 Å². The maximum absolute atomic E-state index is 9.05. The molecule has 0 amide bonds. The molecule has 2 aromatic carbocycles. The molecule has 0 heterocycles. The molecule has 0 aliphatic heterocycles. The highest BCUT2D eigenvalue weighted by Gasteiger charge is 2.03. The zero-order valence-corrected chi connectivity index (χ0v) is 10.8. The Labute approximate surface area is 112 Å². The third-order valence-corrected chi connectivity index (χ3v) is 2.98. The van der Waals surface area contributed by atoms with E-state index in [4.69, 9.17) is 16.9 Å². The predicted octanol–water partition coefficient (Wildman–Crippen LogP) is 4.52. The molecule has 18 heavy (non-hydrogen) atoms. The molecule has 1 N–H and O–H groups in total. The van der Waals surface area contributed by atoms with Crippen LogP contribution in [0.5, 0.6) is 0 Å². The summed E-state index contributed by atoms with van der Waals surface area (Å²) in [5.41, 5.74) is 3.57. The quantitative estimate of drug-likeness (QED) is 0.877. The summed E-state index contributed by atoms with van der Waals surface area (Å²) in [6.07, 6.45) is 1.02. The van der Waals surface area contributed by atoms with Crippen molar-refractivity contribution in [2.24, 2.45) is 0 Å². The first-order chi connectivity index (χ1) is 8.72. The minimum atomic E-state index is 0.544. The molecule has 0 atom stereocenters. The number of benzene rings is 2. The zero-order valence-electron chi connectivity index (χ0n) is 10.1. The molecule has 0 fully saturated rings. The van der Waals surface area contributed by atoms with Crippen molar-refractivity contribution in [3.63, 3.8) is 0 Å². The van der Waals surface area contributed by atoms with Crippen molar-refractivity contribution < 1.29 is 0 Å². The molecule has 3 heteroatoms. The summed E-state index contributed by atoms with van der Waals surface area (Å²) in [6, 6.07) is 15.5. The lowest BCUT2D eigenvalue weighted by atomic mass is 10.1. The minimum Gasteiger partial charge on any atom is -0.354 e. The summed E-state index contributed by atoms with van der Waals surface area (Å²) in [5, 5.41) is 12.8. The van der Waals surface area contributed by atoms with Gasteiger partial charge in [-0.25, -0.2) is 0 Å². The molecule has 0 spiro atoms. The monoisotopic (exact) mass is 256 g/mol. The standard InChI is InChI=1S/C15H13ClN2/c1-2-11-3-6-14(7-4-11)18-15-8-5-13(16)9-12(15)10-17/h3-9,18H,2H2,1H3. The fraction of sp³-hybridized carbons (Fsp3) is 0.133. The fourth-order valence-electron chi connectivity index (χ4n) is 1.70. The third kappa shape index (κ3) is 2.82. The van der Waals surface area contributed by atoms with E-state index in [-0.39, 0.29) is 0 Å². The molecule has 90 valence electrons. The van der Waals surface area contributed by atoms with E-state index < -0.39 is 0 Å². The average Bonchev–Trinajstić information content (AvgIpc) is 2.41. The van der Waals surface area contributed by atoms with E-state index in [2.05, 4.69) is 30.4 Å². The summed E-state index contributed by atoms with van der Waals surface area (Å²) in [5.74, 6) is 0. The SMILES string of the molecule is CCc1ccc(Nc2ccc(Cl)cc2C#N)cc1. The summed E-state index contributed by atoms with van der Waals surface area (Å²) in [4.78, 5) is 0. The number of nitrogens with one attached hydrogen (secondary N) is 1. The molecule has 0 bridgehead atoms. The van der Waals surface area contributed by atoms with Crippen molar-refractivity contribution in [3.8, 4) is 6.07 Å². The minimum absolute atomic E-state index is 0.544. The number of nitriles is 1. The first kappa shape index (κ1) is 12.5. The van der Waals surface area contributed by atoms with Crippen LogP contribution in [0.25, 0.3) is 0 Å². The molecule has 2 aromatic rings. The maximum Gasteiger partial charge on any atom is 0.101 e. The van der Waals surface area contributed by atoms with E-state index >= 15 is 0 Å². The Kier molecular flexibility index (Phi) is 3.86. The number of aryl methyl sites for hydroxylation is 1. The summed E-state index contributed by atoms with van der Waals surface area (Å²) < 4.78 is 0. The maximum atomic E-state index is 9.05. The molecule has 0 aromatic heterocycles. The van der Waals surface area contributed by atoms with Gasteiger partial charge in [0.15, 0.2) is 0 Å². The number of anilines is 2. The highest BCUT2D eigenvalue weighted by molar-refractivity contribution is 6.30. The second-order valence-corrected chi connectivity index (χ2v) is 4.41. The predicted molar refractivity (Wildman–Crippen MR) is 75.3 cm³/mol. The van der Waals surface area contributed by atoms with Gasteiger partial charge in [0, 0.05) is 10.7 Å². The first-order valence-electron chi connectivity index (χ1n) is 5.78. The van der Waals surface area contributed by atoms with Gasteiger partial charge in [-0.2, -0.15) is 5.26 Å². The van der Waals surface area contributed by atoms with Crippen LogP contribution >= 0.6 is 11.6 Å². The van der Waals surface area contributed by atoms with Gasteiger partial charge in [-0.15, -0.1) is 0 Å². The highest BCUT2D eigenvalue weighted by atomic mass is 35.5. The van der Waals surface area contributed by atoms with Crippen molar-refractivity contribution in [2.45, 2.75) is 13.3 Å². The molecule has 2 nitrogen and oxygen atoms in total. The highest BCUT2D eigenvalue weighted by Crippen LogP contribution is 2.23. The van der Waals surface area contributed by atoms with Gasteiger partial charge in [0.05, 0.1) is 11.3 Å². The van der Waals surface area contributed by atoms with Crippen molar-refractivity contribution in [3.05, 3.63) is 58.6 Å². The Balaban J connectivity index is 2.25. The van der Waals surface area contributed by atoms with Gasteiger partial charge in [0.25, 0.3) is 0 Å². The molecule has 0 unspecified atom stereocenters. The Morgan fingerprint density at radius 3 is 2.50 bits per heavy atom. The summed E-state index contributed by atoms with van der Waals surface area (Å²) in [7, 11) is 0. The largest absolute Gasteiger partial charge is 0.354 e. The van der Waals surface area contributed by atoms with E-state index in [9.17, 15) is 0 Å². The Morgan fingerprint density at radius 2 is 1.89 bits per heavy atom. The number of hydrogen-bond donors (Lipinski definition) is 1. The van der Waals surface area contributed by atoms with Gasteiger partial charge < -0.3 is 5.32 Å². The smallest absolute Gasteiger partial charge is 0.101 e. The molecular weight excluding hydrogens is 244 g/mol. The van der Waals surface area contributed by atoms with Crippen molar-refractivity contribution in [1.82, 2.24) is 0 Å². The van der Waals surface area contributed by atoms with Gasteiger partial charge in [-0.05, 0) is 42.3 Å². The van der Waals surface area contributed by atoms with Crippen LogP contribution in [0.3, 0.4) is 0 Å². The molecule has 0 aliphatic rings. The normalized spacial score (nSPS) is 9.83. The second-order valence-electron chi connectivity index (χ2n) is 3.98. The van der Waals surface area contributed by atoms with Crippen molar-refractivity contribution in [2.75, 3.05) is 5.32 Å². The van der Waals surface area contributed by atoms with Crippen LogP contribution in [-0.4, -0.2) is 0 Å². The van der Waals surface area contributed by atoms with Crippen molar-refractivity contribution >= 4 is 23.0 Å². The topological polar surface area (TPSA) is 35.8 Å². The van der Waals surface area contributed by atoms with Crippen LogP contribution < -0.4 is 5.32 Å². The van der Waals surface area contributed by atoms with E-state index in [1.165, 1.54) is 5.56 Å². The molecule has 0 aliphatic carbocycles. The van der Waals surface area contributed by atoms with Crippen LogP contribution in [0.15, 0.2) is 42.5 Å². The first-order valence-corrected chi connectivity index (χ1v) is 6.16. The molecule has 2 rings (SSSR count). The van der Waals surface area contributed by atoms with E-state index in [1.54, 1.807) is 12.1 Å². The Bertz CT molecular complexity index is 582. The zero-order chi connectivity index (χ0) is 13.0. The fourth-order valence-corrected chi connectivity index (χ4v) is 1.87. The van der Waals surface area contributed by atoms with Gasteiger partial charge in [-0.1, -0.05) is 30.7 Å². The van der Waals surface area contributed by atoms with Crippen LogP contribution in [0, 0.1) is 11.3 Å². The lowest BCUT2D eigenvalue weighted by molar-refractivity contribution is 1.14. The van der Waals surface area contributed by atoms with E-state index in [0.29, 0.717) is 10.6 Å². The van der Waals surface area contributed by atoms with E-state index in [1.807, 2.05) is 18.2 Å². The van der Waals surface area contributed by atoms with Gasteiger partial charge >= 0.3 is 0 Å². The van der Waals surface area contributed by atoms with Crippen LogP contribution in [0.4, 0.5) is 11.4 Å². The molecular formula is C15H13ClN2. The van der Waals surface area contributed by atoms with Gasteiger partial charge in [0.2, 0.25) is 0 Å². The van der Waals surface area contributed by atoms with Crippen molar-refractivity contribution in [1.29, 1.82) is 5.26 Å². The number of rotatable bonds is 3. The van der Waals surface area contributed by atoms with Crippen LogP contribution in [0.1, 0.15) is 18.1 Å². The molecule has 0 saturated heterocycles. The lowest BCUT2D eigenvalue weighted by Crippen LogP contribution is -1.93. The number of halogens is 1. The molecule has 0 radical (unpaired) electrons. The second kappa shape index (κ2) is 5.57. The number of hydrogen-bond acceptors (Lipinski definition) is 2. The third-order valence-electron chi connectivity index (χ3n) is 2.74. The molecule has 0 saturated carbocycles.